The highest BCUT2D eigenvalue weighted by atomic mass is 79.9. The van der Waals surface area contributed by atoms with Gasteiger partial charge in [0.25, 0.3) is 0 Å². The zero-order valence-electron chi connectivity index (χ0n) is 10.8. The number of nitrogens with zero attached hydrogens (tertiary/aromatic N) is 2. The van der Waals surface area contributed by atoms with E-state index in [0.29, 0.717) is 12.8 Å². The molecule has 0 amide bonds. The molecule has 1 aromatic heterocycles. The largest absolute Gasteiger partial charge is 0.481 e. The van der Waals surface area contributed by atoms with Gasteiger partial charge in [0.05, 0.1) is 11.0 Å². The lowest BCUT2D eigenvalue weighted by molar-refractivity contribution is -0.137. The van der Waals surface area contributed by atoms with Gasteiger partial charge in [0, 0.05) is 25.0 Å². The molecule has 1 N–H and O–H groups in total. The van der Waals surface area contributed by atoms with Gasteiger partial charge in [-0.2, -0.15) is 0 Å². The number of carboxylic acids is 1. The second kappa shape index (κ2) is 5.21. The normalized spacial score (nSPS) is 11.1. The molecular weight excluding hydrogens is 312 g/mol. The van der Waals surface area contributed by atoms with Gasteiger partial charge in [-0.25, -0.2) is 4.79 Å². The maximum atomic E-state index is 11.8. The van der Waals surface area contributed by atoms with Crippen LogP contribution in [0.25, 0.3) is 11.0 Å². The van der Waals surface area contributed by atoms with Gasteiger partial charge in [0.1, 0.15) is 0 Å². The summed E-state index contributed by atoms with van der Waals surface area (Å²) in [5, 5.41) is 8.66. The van der Waals surface area contributed by atoms with Gasteiger partial charge in [-0.05, 0) is 30.5 Å². The topological polar surface area (TPSA) is 64.2 Å². The molecule has 0 bridgehead atoms. The second-order valence-corrected chi connectivity index (χ2v) is 5.43. The number of carbonyl (C=O) groups is 1. The molecule has 1 heterocycles. The number of hydrogen-bond donors (Lipinski definition) is 1. The van der Waals surface area contributed by atoms with Crippen LogP contribution in [0.5, 0.6) is 0 Å². The van der Waals surface area contributed by atoms with Gasteiger partial charge >= 0.3 is 11.7 Å². The molecule has 1 aromatic carbocycles. The Labute approximate surface area is 118 Å². The number of carboxylic acid groups (broad SMARTS) is 1. The lowest BCUT2D eigenvalue weighted by Gasteiger charge is -2.05. The van der Waals surface area contributed by atoms with E-state index in [1.54, 1.807) is 23.2 Å². The maximum Gasteiger partial charge on any atom is 0.328 e. The molecule has 0 aliphatic rings. The molecule has 0 aliphatic carbocycles. The number of benzene rings is 1. The minimum Gasteiger partial charge on any atom is -0.481 e. The predicted octanol–water partition coefficient (Wildman–Crippen LogP) is 2.05. The quantitative estimate of drug-likeness (QED) is 0.935. The van der Waals surface area contributed by atoms with Gasteiger partial charge in [-0.15, -0.1) is 0 Å². The van der Waals surface area contributed by atoms with E-state index in [1.807, 2.05) is 12.1 Å². The van der Waals surface area contributed by atoms with E-state index in [4.69, 9.17) is 5.11 Å². The molecule has 0 unspecified atom stereocenters. The monoisotopic (exact) mass is 326 g/mol. The molecule has 0 saturated heterocycles. The smallest absolute Gasteiger partial charge is 0.328 e. The fourth-order valence-electron chi connectivity index (χ4n) is 2.18. The molecule has 0 aliphatic heterocycles. The van der Waals surface area contributed by atoms with Crippen LogP contribution in [0.1, 0.15) is 18.4 Å². The van der Waals surface area contributed by atoms with Crippen molar-refractivity contribution >= 4 is 32.9 Å². The number of fused-ring (bicyclic) bond motifs is 1. The van der Waals surface area contributed by atoms with E-state index >= 15 is 0 Å². The first-order valence-electron chi connectivity index (χ1n) is 5.97. The van der Waals surface area contributed by atoms with Gasteiger partial charge < -0.3 is 5.11 Å². The fourth-order valence-corrected chi connectivity index (χ4v) is 2.71. The van der Waals surface area contributed by atoms with Gasteiger partial charge in [-0.3, -0.25) is 13.9 Å². The van der Waals surface area contributed by atoms with E-state index in [0.717, 1.165) is 21.1 Å². The van der Waals surface area contributed by atoms with Crippen LogP contribution in [0.15, 0.2) is 21.4 Å². The number of halogens is 1. The molecule has 0 fully saturated rings. The SMILES string of the molecule is Cn1c(=O)n(C)c2cc(CCCC(=O)O)c(Br)cc21. The summed E-state index contributed by atoms with van der Waals surface area (Å²) in [5.41, 5.74) is 2.68. The Bertz CT molecular complexity index is 700. The van der Waals surface area contributed by atoms with Crippen LogP contribution in [0.4, 0.5) is 0 Å². The number of aliphatic carboxylic acids is 1. The number of rotatable bonds is 4. The number of imidazole rings is 1. The first-order chi connectivity index (χ1) is 8.91. The number of aromatic nitrogens is 2. The molecular formula is C13H15BrN2O3. The molecule has 5 nitrogen and oxygen atoms in total. The van der Waals surface area contributed by atoms with E-state index < -0.39 is 5.97 Å². The van der Waals surface area contributed by atoms with Crippen molar-refractivity contribution in [2.45, 2.75) is 19.3 Å². The second-order valence-electron chi connectivity index (χ2n) is 4.58. The van der Waals surface area contributed by atoms with E-state index in [9.17, 15) is 9.59 Å². The summed E-state index contributed by atoms with van der Waals surface area (Å²) >= 11 is 3.48. The average molecular weight is 327 g/mol. The maximum absolute atomic E-state index is 11.8. The molecule has 19 heavy (non-hydrogen) atoms. The van der Waals surface area contributed by atoms with E-state index in [1.165, 1.54) is 0 Å². The highest BCUT2D eigenvalue weighted by Crippen LogP contribution is 2.25. The van der Waals surface area contributed by atoms with Gasteiger partial charge in [0.15, 0.2) is 0 Å². The summed E-state index contributed by atoms with van der Waals surface area (Å²) in [6, 6.07) is 3.86. The van der Waals surface area contributed by atoms with Crippen LogP contribution in [0.3, 0.4) is 0 Å². The van der Waals surface area contributed by atoms with Crippen molar-refractivity contribution in [3.05, 3.63) is 32.7 Å². The standard InChI is InChI=1S/C13H15BrN2O3/c1-15-10-6-8(4-3-5-12(17)18)9(14)7-11(10)16(2)13(15)19/h6-7H,3-5H2,1-2H3,(H,17,18). The fraction of sp³-hybridized carbons (Fsp3) is 0.385. The summed E-state index contributed by atoms with van der Waals surface area (Å²) in [5.74, 6) is -0.788. The summed E-state index contributed by atoms with van der Waals surface area (Å²) in [6.45, 7) is 0. The number of aryl methyl sites for hydroxylation is 3. The van der Waals surface area contributed by atoms with Crippen molar-refractivity contribution in [1.82, 2.24) is 9.13 Å². The van der Waals surface area contributed by atoms with E-state index in [-0.39, 0.29) is 12.1 Å². The lowest BCUT2D eigenvalue weighted by Crippen LogP contribution is -2.19. The van der Waals surface area contributed by atoms with Crippen molar-refractivity contribution in [1.29, 1.82) is 0 Å². The third-order valence-electron chi connectivity index (χ3n) is 3.28. The first kappa shape index (κ1) is 13.9. The average Bonchev–Trinajstić information content (AvgIpc) is 2.55. The summed E-state index contributed by atoms with van der Waals surface area (Å²) in [7, 11) is 3.47. The first-order valence-corrected chi connectivity index (χ1v) is 6.76. The van der Waals surface area contributed by atoms with Crippen molar-refractivity contribution in [3.8, 4) is 0 Å². The Balaban J connectivity index is 2.41. The molecule has 2 aromatic rings. The predicted molar refractivity (Wildman–Crippen MR) is 76.4 cm³/mol. The Morgan fingerprint density at radius 3 is 2.42 bits per heavy atom. The Kier molecular flexibility index (Phi) is 3.80. The van der Waals surface area contributed by atoms with E-state index in [2.05, 4.69) is 15.9 Å². The molecule has 0 spiro atoms. The van der Waals surface area contributed by atoms with Crippen LogP contribution in [-0.2, 0) is 25.3 Å². The molecule has 0 radical (unpaired) electrons. The van der Waals surface area contributed by atoms with Gasteiger partial charge in [-0.1, -0.05) is 15.9 Å². The zero-order valence-corrected chi connectivity index (χ0v) is 12.4. The van der Waals surface area contributed by atoms with Crippen LogP contribution in [-0.4, -0.2) is 20.2 Å². The molecule has 0 atom stereocenters. The highest BCUT2D eigenvalue weighted by Gasteiger charge is 2.11. The minimum absolute atomic E-state index is 0.0652. The van der Waals surface area contributed by atoms with Crippen LogP contribution < -0.4 is 5.69 Å². The molecule has 0 saturated carbocycles. The van der Waals surface area contributed by atoms with Crippen molar-refractivity contribution in [2.24, 2.45) is 14.1 Å². The summed E-state index contributed by atoms with van der Waals surface area (Å²) in [4.78, 5) is 22.4. The molecule has 102 valence electrons. The lowest BCUT2D eigenvalue weighted by atomic mass is 10.1. The van der Waals surface area contributed by atoms with Crippen LogP contribution in [0.2, 0.25) is 0 Å². The van der Waals surface area contributed by atoms with Crippen LogP contribution >= 0.6 is 15.9 Å². The third-order valence-corrected chi connectivity index (χ3v) is 4.02. The summed E-state index contributed by atoms with van der Waals surface area (Å²) < 4.78 is 4.11. The zero-order chi connectivity index (χ0) is 14.2. The Hall–Kier alpha value is -1.56. The molecule has 2 rings (SSSR count). The minimum atomic E-state index is -0.788. The molecule has 6 heteroatoms. The van der Waals surface area contributed by atoms with Gasteiger partial charge in [0.2, 0.25) is 0 Å². The third kappa shape index (κ3) is 2.58. The van der Waals surface area contributed by atoms with Crippen molar-refractivity contribution in [2.75, 3.05) is 0 Å². The van der Waals surface area contributed by atoms with Crippen molar-refractivity contribution < 1.29 is 9.90 Å². The Morgan fingerprint density at radius 1 is 1.26 bits per heavy atom. The van der Waals surface area contributed by atoms with Crippen molar-refractivity contribution in [3.63, 3.8) is 0 Å². The highest BCUT2D eigenvalue weighted by molar-refractivity contribution is 9.10. The summed E-state index contributed by atoms with van der Waals surface area (Å²) in [6.07, 6.45) is 1.41. The Morgan fingerprint density at radius 2 is 1.84 bits per heavy atom. The van der Waals surface area contributed by atoms with Crippen LogP contribution in [0, 0.1) is 0 Å². The number of hydrogen-bond acceptors (Lipinski definition) is 2.